The first-order valence-corrected chi connectivity index (χ1v) is 8.95. The normalized spacial score (nSPS) is 11.0. The first kappa shape index (κ1) is 17.9. The minimum Gasteiger partial charge on any atom is -0.370 e. The lowest BCUT2D eigenvalue weighted by atomic mass is 10.1. The Kier molecular flexibility index (Phi) is 4.89. The van der Waals surface area contributed by atoms with Crippen molar-refractivity contribution in [2.24, 2.45) is 0 Å². The number of halogens is 2. The largest absolute Gasteiger partial charge is 0.370 e. The van der Waals surface area contributed by atoms with Crippen molar-refractivity contribution in [1.29, 1.82) is 0 Å². The van der Waals surface area contributed by atoms with E-state index in [1.807, 2.05) is 31.3 Å². The highest BCUT2D eigenvalue weighted by atomic mass is 19.2. The Bertz CT molecular complexity index is 1120. The van der Waals surface area contributed by atoms with Crippen molar-refractivity contribution >= 4 is 28.4 Å². The Morgan fingerprint density at radius 3 is 2.71 bits per heavy atom. The summed E-state index contributed by atoms with van der Waals surface area (Å²) in [5, 5.41) is 7.42. The molecule has 0 saturated carbocycles. The smallest absolute Gasteiger partial charge is 0.229 e. The highest BCUT2D eigenvalue weighted by molar-refractivity contribution is 5.83. The van der Waals surface area contributed by atoms with Crippen molar-refractivity contribution in [2.45, 2.75) is 13.3 Å². The summed E-state index contributed by atoms with van der Waals surface area (Å²) in [4.78, 5) is 12.0. The molecule has 0 unspecified atom stereocenters. The molecule has 0 spiro atoms. The first-order chi connectivity index (χ1) is 13.6. The van der Waals surface area contributed by atoms with Gasteiger partial charge in [-0.2, -0.15) is 4.98 Å². The fourth-order valence-electron chi connectivity index (χ4n) is 3.08. The highest BCUT2D eigenvalue weighted by Crippen LogP contribution is 2.20. The van der Waals surface area contributed by atoms with Crippen LogP contribution in [0.3, 0.4) is 0 Å². The van der Waals surface area contributed by atoms with Crippen molar-refractivity contribution in [1.82, 2.24) is 15.0 Å². The molecule has 0 atom stereocenters. The number of rotatable bonds is 6. The maximum atomic E-state index is 13.4. The maximum absolute atomic E-state index is 13.4. The van der Waals surface area contributed by atoms with Crippen LogP contribution in [0.25, 0.3) is 10.9 Å². The van der Waals surface area contributed by atoms with E-state index in [4.69, 9.17) is 0 Å². The molecular formula is C21H19F2N5. The van der Waals surface area contributed by atoms with Gasteiger partial charge in [-0.15, -0.1) is 0 Å². The summed E-state index contributed by atoms with van der Waals surface area (Å²) in [7, 11) is 0. The third-order valence-electron chi connectivity index (χ3n) is 4.41. The van der Waals surface area contributed by atoms with Crippen LogP contribution in [0.5, 0.6) is 0 Å². The molecule has 2 aromatic heterocycles. The fraction of sp³-hybridized carbons (Fsp3) is 0.143. The molecule has 0 radical (unpaired) electrons. The predicted molar refractivity (Wildman–Crippen MR) is 107 cm³/mol. The molecule has 7 heteroatoms. The molecule has 0 amide bonds. The lowest BCUT2D eigenvalue weighted by Gasteiger charge is -2.10. The van der Waals surface area contributed by atoms with E-state index >= 15 is 0 Å². The molecule has 4 aromatic rings. The SMILES string of the molecule is Cc1cc(NCCc2c[nH]c3ccccc23)nc(Nc2ccc(F)c(F)c2)n1. The topological polar surface area (TPSA) is 65.6 Å². The summed E-state index contributed by atoms with van der Waals surface area (Å²) in [5.74, 6) is -0.830. The summed E-state index contributed by atoms with van der Waals surface area (Å²) in [6.45, 7) is 2.55. The van der Waals surface area contributed by atoms with Gasteiger partial charge in [-0.25, -0.2) is 13.8 Å². The molecule has 0 aliphatic carbocycles. The van der Waals surface area contributed by atoms with E-state index in [-0.39, 0.29) is 0 Å². The first-order valence-electron chi connectivity index (χ1n) is 8.95. The summed E-state index contributed by atoms with van der Waals surface area (Å²) in [5.41, 5.74) is 3.49. The molecular weight excluding hydrogens is 360 g/mol. The van der Waals surface area contributed by atoms with Crippen LogP contribution in [0.4, 0.5) is 26.2 Å². The van der Waals surface area contributed by atoms with Gasteiger partial charge >= 0.3 is 0 Å². The van der Waals surface area contributed by atoms with E-state index in [1.54, 1.807) is 0 Å². The predicted octanol–water partition coefficient (Wildman–Crippen LogP) is 4.94. The Morgan fingerprint density at radius 2 is 1.86 bits per heavy atom. The van der Waals surface area contributed by atoms with Gasteiger partial charge in [0.1, 0.15) is 5.82 Å². The molecule has 4 rings (SSSR count). The van der Waals surface area contributed by atoms with E-state index in [2.05, 4.69) is 37.7 Å². The Hall–Kier alpha value is -3.48. The minimum atomic E-state index is -0.922. The van der Waals surface area contributed by atoms with E-state index < -0.39 is 11.6 Å². The van der Waals surface area contributed by atoms with Gasteiger partial charge in [-0.1, -0.05) is 18.2 Å². The van der Waals surface area contributed by atoms with Gasteiger partial charge in [0.25, 0.3) is 0 Å². The highest BCUT2D eigenvalue weighted by Gasteiger charge is 2.07. The Morgan fingerprint density at radius 1 is 1.00 bits per heavy atom. The third-order valence-corrected chi connectivity index (χ3v) is 4.41. The number of aryl methyl sites for hydroxylation is 1. The second-order valence-corrected chi connectivity index (χ2v) is 6.51. The molecule has 0 aliphatic rings. The molecule has 142 valence electrons. The number of nitrogens with one attached hydrogen (secondary N) is 3. The Labute approximate surface area is 160 Å². The number of aromatic nitrogens is 3. The van der Waals surface area contributed by atoms with Crippen molar-refractivity contribution in [3.05, 3.63) is 77.6 Å². The van der Waals surface area contributed by atoms with Gasteiger partial charge in [0.15, 0.2) is 11.6 Å². The molecule has 2 heterocycles. The van der Waals surface area contributed by atoms with Gasteiger partial charge in [0.2, 0.25) is 5.95 Å². The van der Waals surface area contributed by atoms with Crippen LogP contribution in [-0.4, -0.2) is 21.5 Å². The maximum Gasteiger partial charge on any atom is 0.229 e. The minimum absolute atomic E-state index is 0.320. The number of hydrogen-bond donors (Lipinski definition) is 3. The van der Waals surface area contributed by atoms with Crippen LogP contribution in [0, 0.1) is 18.6 Å². The molecule has 3 N–H and O–H groups in total. The van der Waals surface area contributed by atoms with E-state index in [0.717, 1.165) is 29.8 Å². The molecule has 0 fully saturated rings. The molecule has 5 nitrogen and oxygen atoms in total. The third kappa shape index (κ3) is 3.93. The second-order valence-electron chi connectivity index (χ2n) is 6.51. The standard InChI is InChI=1S/C21H19F2N5/c1-13-10-20(24-9-8-14-12-25-19-5-3-2-4-16(14)19)28-21(26-13)27-15-6-7-17(22)18(23)11-15/h2-7,10-12,25H,8-9H2,1H3,(H2,24,26,27,28). The molecule has 0 saturated heterocycles. The molecule has 28 heavy (non-hydrogen) atoms. The molecule has 0 bridgehead atoms. The quantitative estimate of drug-likeness (QED) is 0.444. The summed E-state index contributed by atoms with van der Waals surface area (Å²) < 4.78 is 26.5. The van der Waals surface area contributed by atoms with E-state index in [9.17, 15) is 8.78 Å². The number of fused-ring (bicyclic) bond motifs is 1. The van der Waals surface area contributed by atoms with Crippen molar-refractivity contribution in [2.75, 3.05) is 17.2 Å². The number of H-pyrrole nitrogens is 1. The number of aromatic amines is 1. The zero-order valence-corrected chi connectivity index (χ0v) is 15.3. The van der Waals surface area contributed by atoms with Crippen molar-refractivity contribution < 1.29 is 8.78 Å². The van der Waals surface area contributed by atoms with Crippen LogP contribution < -0.4 is 10.6 Å². The summed E-state index contributed by atoms with van der Waals surface area (Å²) >= 11 is 0. The zero-order chi connectivity index (χ0) is 19.5. The van der Waals surface area contributed by atoms with Crippen LogP contribution in [0.15, 0.2) is 54.7 Å². The van der Waals surface area contributed by atoms with Gasteiger partial charge in [-0.3, -0.25) is 0 Å². The second kappa shape index (κ2) is 7.64. The van der Waals surface area contributed by atoms with E-state index in [1.165, 1.54) is 17.0 Å². The lowest BCUT2D eigenvalue weighted by molar-refractivity contribution is 0.509. The lowest BCUT2D eigenvalue weighted by Crippen LogP contribution is -2.08. The van der Waals surface area contributed by atoms with Crippen molar-refractivity contribution in [3.8, 4) is 0 Å². The van der Waals surface area contributed by atoms with Gasteiger partial charge in [0.05, 0.1) is 0 Å². The number of nitrogens with zero attached hydrogens (tertiary/aromatic N) is 2. The van der Waals surface area contributed by atoms with Gasteiger partial charge in [-0.05, 0) is 37.1 Å². The monoisotopic (exact) mass is 379 g/mol. The number of hydrogen-bond acceptors (Lipinski definition) is 4. The summed E-state index contributed by atoms with van der Waals surface area (Å²) in [6, 6.07) is 13.6. The van der Waals surface area contributed by atoms with E-state index in [0.29, 0.717) is 24.0 Å². The average molecular weight is 379 g/mol. The fourth-order valence-corrected chi connectivity index (χ4v) is 3.08. The van der Waals surface area contributed by atoms with Gasteiger partial charge in [0, 0.05) is 47.2 Å². The van der Waals surface area contributed by atoms with Crippen LogP contribution >= 0.6 is 0 Å². The summed E-state index contributed by atoms with van der Waals surface area (Å²) in [6.07, 6.45) is 2.85. The Balaban J connectivity index is 1.44. The number of benzene rings is 2. The zero-order valence-electron chi connectivity index (χ0n) is 15.3. The van der Waals surface area contributed by atoms with Crippen LogP contribution in [0.2, 0.25) is 0 Å². The van der Waals surface area contributed by atoms with Gasteiger partial charge < -0.3 is 15.6 Å². The molecule has 2 aromatic carbocycles. The van der Waals surface area contributed by atoms with Crippen LogP contribution in [0.1, 0.15) is 11.3 Å². The number of para-hydroxylation sites is 1. The molecule has 0 aliphatic heterocycles. The van der Waals surface area contributed by atoms with Crippen molar-refractivity contribution in [3.63, 3.8) is 0 Å². The van der Waals surface area contributed by atoms with Crippen LogP contribution in [-0.2, 0) is 6.42 Å². The average Bonchev–Trinajstić information content (AvgIpc) is 3.08. The number of anilines is 3.